The van der Waals surface area contributed by atoms with Crippen LogP contribution >= 0.6 is 11.3 Å². The molecule has 0 spiro atoms. The van der Waals surface area contributed by atoms with E-state index in [1.54, 1.807) is 0 Å². The molecule has 0 aliphatic rings. The van der Waals surface area contributed by atoms with Crippen LogP contribution in [0.1, 0.15) is 10.6 Å². The summed E-state index contributed by atoms with van der Waals surface area (Å²) < 4.78 is 0. The molecule has 0 saturated carbocycles. The van der Waals surface area contributed by atoms with Crippen LogP contribution in [0.5, 0.6) is 0 Å². The third-order valence-corrected chi connectivity index (χ3v) is 3.03. The molecule has 0 atom stereocenters. The van der Waals surface area contributed by atoms with Crippen LogP contribution in [0.4, 0.5) is 5.13 Å². The maximum absolute atomic E-state index is 11.2. The highest BCUT2D eigenvalue weighted by molar-refractivity contribution is 7.15. The topological polar surface area (TPSA) is 104 Å². The van der Waals surface area contributed by atoms with Gasteiger partial charge in [0.25, 0.3) is 0 Å². The van der Waals surface area contributed by atoms with Crippen molar-refractivity contribution in [3.8, 4) is 0 Å². The molecule has 0 aliphatic heterocycles. The highest BCUT2D eigenvalue weighted by atomic mass is 32.1. The van der Waals surface area contributed by atoms with Gasteiger partial charge in [-0.25, -0.2) is 5.48 Å². The molecule has 2 amide bonds. The molecule has 0 fully saturated rings. The molecule has 0 radical (unpaired) electrons. The first-order valence-corrected chi connectivity index (χ1v) is 6.12. The van der Waals surface area contributed by atoms with Crippen LogP contribution < -0.4 is 10.8 Å². The summed E-state index contributed by atoms with van der Waals surface area (Å²) in [7, 11) is 0. The predicted octanol–water partition coefficient (Wildman–Crippen LogP) is 0.573. The second kappa shape index (κ2) is 6.03. The van der Waals surface area contributed by atoms with E-state index in [0.717, 1.165) is 5.56 Å². The Balaban J connectivity index is 2.00. The summed E-state index contributed by atoms with van der Waals surface area (Å²) in [5.41, 5.74) is 2.31. The van der Waals surface area contributed by atoms with Crippen molar-refractivity contribution in [2.45, 2.75) is 6.42 Å². The van der Waals surface area contributed by atoms with Gasteiger partial charge in [0.05, 0.1) is 0 Å². The minimum Gasteiger partial charge on any atom is -0.292 e. The molecule has 98 valence electrons. The van der Waals surface area contributed by atoms with Crippen molar-refractivity contribution in [1.82, 2.24) is 15.7 Å². The smallest absolute Gasteiger partial charge is 0.292 e. The SMILES string of the molecule is O=C(NO)C(=O)Nc1nnc(Cc2ccccc2)s1. The van der Waals surface area contributed by atoms with E-state index < -0.39 is 11.8 Å². The maximum Gasteiger partial charge on any atom is 0.333 e. The maximum atomic E-state index is 11.2. The Morgan fingerprint density at radius 1 is 1.16 bits per heavy atom. The molecule has 19 heavy (non-hydrogen) atoms. The number of aromatic nitrogens is 2. The van der Waals surface area contributed by atoms with Crippen LogP contribution in [0.15, 0.2) is 30.3 Å². The standard InChI is InChI=1S/C11H10N4O3S/c16-9(10(17)15-18)12-11-14-13-8(19-11)6-7-4-2-1-3-5-7/h1-5,18H,6H2,(H,15,17)(H,12,14,16). The van der Waals surface area contributed by atoms with Gasteiger partial charge in [0.1, 0.15) is 5.01 Å². The largest absolute Gasteiger partial charge is 0.333 e. The van der Waals surface area contributed by atoms with Crippen LogP contribution in [0.3, 0.4) is 0 Å². The lowest BCUT2D eigenvalue weighted by Gasteiger charge is -1.97. The van der Waals surface area contributed by atoms with Crippen molar-refractivity contribution in [1.29, 1.82) is 0 Å². The highest BCUT2D eigenvalue weighted by Crippen LogP contribution is 2.18. The number of carbonyl (C=O) groups is 2. The minimum absolute atomic E-state index is 0.208. The van der Waals surface area contributed by atoms with E-state index >= 15 is 0 Å². The normalized spacial score (nSPS) is 9.95. The molecule has 1 aromatic carbocycles. The number of benzene rings is 1. The zero-order chi connectivity index (χ0) is 13.7. The van der Waals surface area contributed by atoms with Crippen LogP contribution in [0.25, 0.3) is 0 Å². The predicted molar refractivity (Wildman–Crippen MR) is 67.7 cm³/mol. The first-order chi connectivity index (χ1) is 9.19. The van der Waals surface area contributed by atoms with E-state index in [1.165, 1.54) is 16.8 Å². The second-order valence-electron chi connectivity index (χ2n) is 3.56. The number of hydroxylamine groups is 1. The van der Waals surface area contributed by atoms with Crippen molar-refractivity contribution in [2.75, 3.05) is 5.32 Å². The van der Waals surface area contributed by atoms with Crippen molar-refractivity contribution < 1.29 is 14.8 Å². The lowest BCUT2D eigenvalue weighted by Crippen LogP contribution is -2.33. The third kappa shape index (κ3) is 3.57. The molecule has 0 bridgehead atoms. The fourth-order valence-corrected chi connectivity index (χ4v) is 2.12. The fourth-order valence-electron chi connectivity index (χ4n) is 1.35. The first-order valence-electron chi connectivity index (χ1n) is 5.31. The third-order valence-electron chi connectivity index (χ3n) is 2.19. The zero-order valence-electron chi connectivity index (χ0n) is 9.66. The Kier molecular flexibility index (Phi) is 4.16. The molecular weight excluding hydrogens is 268 g/mol. The van der Waals surface area contributed by atoms with Gasteiger partial charge in [0, 0.05) is 6.42 Å². The van der Waals surface area contributed by atoms with Gasteiger partial charge in [0.2, 0.25) is 5.13 Å². The molecule has 7 nitrogen and oxygen atoms in total. The van der Waals surface area contributed by atoms with Crippen LogP contribution in [0.2, 0.25) is 0 Å². The van der Waals surface area contributed by atoms with Crippen molar-refractivity contribution in [2.24, 2.45) is 0 Å². The molecule has 3 N–H and O–H groups in total. The zero-order valence-corrected chi connectivity index (χ0v) is 10.5. The summed E-state index contributed by atoms with van der Waals surface area (Å²) in [5, 5.41) is 19.1. The summed E-state index contributed by atoms with van der Waals surface area (Å²) in [4.78, 5) is 22.0. The number of carbonyl (C=O) groups excluding carboxylic acids is 2. The summed E-state index contributed by atoms with van der Waals surface area (Å²) in [6.07, 6.45) is 0.598. The quantitative estimate of drug-likeness (QED) is 0.432. The molecule has 0 aliphatic carbocycles. The van der Waals surface area contributed by atoms with Gasteiger partial charge in [-0.3, -0.25) is 20.1 Å². The Labute approximate surface area is 112 Å². The molecule has 2 rings (SSSR count). The number of hydrogen-bond donors (Lipinski definition) is 3. The van der Waals surface area contributed by atoms with Crippen molar-refractivity contribution in [3.63, 3.8) is 0 Å². The second-order valence-corrected chi connectivity index (χ2v) is 4.62. The Morgan fingerprint density at radius 3 is 2.58 bits per heavy atom. The van der Waals surface area contributed by atoms with Gasteiger partial charge < -0.3 is 0 Å². The molecule has 8 heteroatoms. The minimum atomic E-state index is -1.15. The number of rotatable bonds is 3. The summed E-state index contributed by atoms with van der Waals surface area (Å²) in [6, 6.07) is 9.68. The molecule has 2 aromatic rings. The summed E-state index contributed by atoms with van der Waals surface area (Å²) in [5.74, 6) is -2.15. The number of nitrogens with one attached hydrogen (secondary N) is 2. The lowest BCUT2D eigenvalue weighted by molar-refractivity contribution is -0.141. The number of nitrogens with zero attached hydrogens (tertiary/aromatic N) is 2. The monoisotopic (exact) mass is 278 g/mol. The highest BCUT2D eigenvalue weighted by Gasteiger charge is 2.15. The Bertz CT molecular complexity index is 585. The average molecular weight is 278 g/mol. The summed E-state index contributed by atoms with van der Waals surface area (Å²) >= 11 is 1.17. The molecular formula is C11H10N4O3S. The van der Waals surface area contributed by atoms with E-state index in [-0.39, 0.29) is 5.13 Å². The van der Waals surface area contributed by atoms with E-state index in [2.05, 4.69) is 15.5 Å². The van der Waals surface area contributed by atoms with Gasteiger partial charge in [-0.15, -0.1) is 10.2 Å². The fraction of sp³-hybridized carbons (Fsp3) is 0.0909. The van der Waals surface area contributed by atoms with Crippen LogP contribution in [-0.4, -0.2) is 27.2 Å². The summed E-state index contributed by atoms with van der Waals surface area (Å²) in [6.45, 7) is 0. The number of amides is 2. The molecule has 1 heterocycles. The van der Waals surface area contributed by atoms with Gasteiger partial charge >= 0.3 is 11.8 Å². The number of hydrogen-bond acceptors (Lipinski definition) is 6. The van der Waals surface area contributed by atoms with Gasteiger partial charge in [-0.1, -0.05) is 41.7 Å². The average Bonchev–Trinajstić information content (AvgIpc) is 2.86. The lowest BCUT2D eigenvalue weighted by atomic mass is 10.2. The van der Waals surface area contributed by atoms with Gasteiger partial charge in [0.15, 0.2) is 0 Å². The van der Waals surface area contributed by atoms with E-state index in [4.69, 9.17) is 5.21 Å². The molecule has 0 saturated heterocycles. The molecule has 0 unspecified atom stereocenters. The number of anilines is 1. The van der Waals surface area contributed by atoms with E-state index in [9.17, 15) is 9.59 Å². The Morgan fingerprint density at radius 2 is 1.89 bits per heavy atom. The van der Waals surface area contributed by atoms with Gasteiger partial charge in [-0.05, 0) is 5.56 Å². The molecule has 1 aromatic heterocycles. The van der Waals surface area contributed by atoms with Crippen LogP contribution in [0, 0.1) is 0 Å². The van der Waals surface area contributed by atoms with E-state index in [1.807, 2.05) is 30.3 Å². The van der Waals surface area contributed by atoms with E-state index in [0.29, 0.717) is 11.4 Å². The first kappa shape index (κ1) is 13.1. The van der Waals surface area contributed by atoms with Crippen molar-refractivity contribution >= 4 is 28.3 Å². The van der Waals surface area contributed by atoms with Crippen LogP contribution in [-0.2, 0) is 16.0 Å². The van der Waals surface area contributed by atoms with Gasteiger partial charge in [-0.2, -0.15) is 0 Å². The van der Waals surface area contributed by atoms with Crippen molar-refractivity contribution in [3.05, 3.63) is 40.9 Å². The Hall–Kier alpha value is -2.32.